The summed E-state index contributed by atoms with van der Waals surface area (Å²) >= 11 is 1.31. The lowest BCUT2D eigenvalue weighted by molar-refractivity contribution is -0.120. The molecule has 0 aliphatic rings. The lowest BCUT2D eigenvalue weighted by Gasteiger charge is -2.16. The Morgan fingerprint density at radius 3 is 2.62 bits per heavy atom. The first-order chi connectivity index (χ1) is 14.0. The van der Waals surface area contributed by atoms with Crippen molar-refractivity contribution in [2.75, 3.05) is 7.11 Å². The monoisotopic (exact) mass is 411 g/mol. The highest BCUT2D eigenvalue weighted by molar-refractivity contribution is 8.00. The third-order valence-corrected chi connectivity index (χ3v) is 5.64. The molecule has 0 aliphatic heterocycles. The summed E-state index contributed by atoms with van der Waals surface area (Å²) in [7, 11) is 1.62. The number of fused-ring (bicyclic) bond motifs is 1. The summed E-state index contributed by atoms with van der Waals surface area (Å²) in [6.45, 7) is 4.84. The first-order valence-corrected chi connectivity index (χ1v) is 10.5. The molecule has 0 aliphatic carbocycles. The predicted molar refractivity (Wildman–Crippen MR) is 116 cm³/mol. The second-order valence-electron chi connectivity index (χ2n) is 6.69. The van der Waals surface area contributed by atoms with E-state index in [1.165, 1.54) is 11.8 Å². The molecule has 0 radical (unpaired) electrons. The Bertz CT molecular complexity index is 1050. The predicted octanol–water partition coefficient (Wildman–Crippen LogP) is 3.61. The number of thioether (sulfide) groups is 1. The zero-order valence-electron chi connectivity index (χ0n) is 16.8. The number of aromatic nitrogens is 2. The van der Waals surface area contributed by atoms with E-state index in [-0.39, 0.29) is 16.7 Å². The van der Waals surface area contributed by atoms with E-state index in [4.69, 9.17) is 4.74 Å². The normalized spacial score (nSPS) is 12.0. The Labute approximate surface area is 174 Å². The number of carbonyl (C=O) groups excluding carboxylic acids is 1. The van der Waals surface area contributed by atoms with Gasteiger partial charge in [-0.25, -0.2) is 4.98 Å². The summed E-state index contributed by atoms with van der Waals surface area (Å²) in [6, 6.07) is 14.9. The van der Waals surface area contributed by atoms with Crippen molar-refractivity contribution in [3.8, 4) is 5.75 Å². The fraction of sp³-hybridized carbons (Fsp3) is 0.318. The number of amides is 1. The second-order valence-corrected chi connectivity index (χ2v) is 8.00. The fourth-order valence-corrected chi connectivity index (χ4v) is 3.91. The van der Waals surface area contributed by atoms with Gasteiger partial charge in [-0.05, 0) is 43.2 Å². The van der Waals surface area contributed by atoms with Crippen LogP contribution >= 0.6 is 11.8 Å². The van der Waals surface area contributed by atoms with Crippen molar-refractivity contribution in [2.45, 2.75) is 43.8 Å². The molecular weight excluding hydrogens is 386 g/mol. The van der Waals surface area contributed by atoms with E-state index in [0.29, 0.717) is 29.1 Å². The maximum Gasteiger partial charge on any atom is 0.262 e. The number of nitrogens with zero attached hydrogens (tertiary/aromatic N) is 2. The van der Waals surface area contributed by atoms with Crippen LogP contribution in [0.3, 0.4) is 0 Å². The number of nitrogens with one attached hydrogen (secondary N) is 1. The molecule has 1 N–H and O–H groups in total. The number of carbonyl (C=O) groups is 1. The van der Waals surface area contributed by atoms with E-state index in [1.54, 1.807) is 17.7 Å². The van der Waals surface area contributed by atoms with Crippen molar-refractivity contribution in [1.29, 1.82) is 0 Å². The SMILES string of the molecule is CCCn1c(S[C@@H](C)C(=O)NCc2ccc(OC)cc2)nc2ccccc2c1=O. The van der Waals surface area contributed by atoms with Crippen LogP contribution in [0, 0.1) is 0 Å². The van der Waals surface area contributed by atoms with Crippen molar-refractivity contribution in [3.05, 3.63) is 64.4 Å². The lowest BCUT2D eigenvalue weighted by atomic mass is 10.2. The Kier molecular flexibility index (Phi) is 6.93. The van der Waals surface area contributed by atoms with Gasteiger partial charge >= 0.3 is 0 Å². The summed E-state index contributed by atoms with van der Waals surface area (Å²) in [5.41, 5.74) is 1.58. The van der Waals surface area contributed by atoms with Gasteiger partial charge in [0.25, 0.3) is 5.56 Å². The highest BCUT2D eigenvalue weighted by Gasteiger charge is 2.19. The Balaban J connectivity index is 1.73. The molecule has 152 valence electrons. The molecule has 7 heteroatoms. The first-order valence-electron chi connectivity index (χ1n) is 9.60. The third kappa shape index (κ3) is 4.98. The van der Waals surface area contributed by atoms with Gasteiger partial charge in [-0.3, -0.25) is 14.2 Å². The zero-order valence-corrected chi connectivity index (χ0v) is 17.7. The molecule has 1 aromatic heterocycles. The third-order valence-electron chi connectivity index (χ3n) is 4.55. The van der Waals surface area contributed by atoms with E-state index >= 15 is 0 Å². The zero-order chi connectivity index (χ0) is 20.8. The van der Waals surface area contributed by atoms with Gasteiger partial charge in [0.2, 0.25) is 5.91 Å². The van der Waals surface area contributed by atoms with Crippen LogP contribution in [-0.4, -0.2) is 27.8 Å². The van der Waals surface area contributed by atoms with Crippen molar-refractivity contribution in [2.24, 2.45) is 0 Å². The van der Waals surface area contributed by atoms with Crippen molar-refractivity contribution in [1.82, 2.24) is 14.9 Å². The van der Waals surface area contributed by atoms with Gasteiger partial charge in [-0.2, -0.15) is 0 Å². The van der Waals surface area contributed by atoms with Crippen LogP contribution in [0.2, 0.25) is 0 Å². The van der Waals surface area contributed by atoms with Gasteiger partial charge in [0.1, 0.15) is 5.75 Å². The molecule has 0 spiro atoms. The Morgan fingerprint density at radius 1 is 1.21 bits per heavy atom. The van der Waals surface area contributed by atoms with Gasteiger partial charge in [0, 0.05) is 13.1 Å². The average molecular weight is 412 g/mol. The highest BCUT2D eigenvalue weighted by Crippen LogP contribution is 2.23. The lowest BCUT2D eigenvalue weighted by Crippen LogP contribution is -2.31. The molecule has 3 rings (SSSR count). The van der Waals surface area contributed by atoms with Crippen LogP contribution in [0.4, 0.5) is 0 Å². The largest absolute Gasteiger partial charge is 0.497 e. The minimum Gasteiger partial charge on any atom is -0.497 e. The number of ether oxygens (including phenoxy) is 1. The molecule has 0 bridgehead atoms. The van der Waals surface area contributed by atoms with Crippen LogP contribution in [0.25, 0.3) is 10.9 Å². The average Bonchev–Trinajstić information content (AvgIpc) is 2.75. The van der Waals surface area contributed by atoms with E-state index < -0.39 is 0 Å². The topological polar surface area (TPSA) is 73.2 Å². The minimum atomic E-state index is -0.385. The quantitative estimate of drug-likeness (QED) is 0.453. The highest BCUT2D eigenvalue weighted by atomic mass is 32.2. The first kappa shape index (κ1) is 20.9. The number of methoxy groups -OCH3 is 1. The maximum absolute atomic E-state index is 12.9. The van der Waals surface area contributed by atoms with E-state index in [9.17, 15) is 9.59 Å². The van der Waals surface area contributed by atoms with Gasteiger partial charge in [0.15, 0.2) is 5.16 Å². The number of hydrogen-bond acceptors (Lipinski definition) is 5. The van der Waals surface area contributed by atoms with Crippen LogP contribution in [-0.2, 0) is 17.9 Å². The van der Waals surface area contributed by atoms with E-state index in [1.807, 2.05) is 56.3 Å². The smallest absolute Gasteiger partial charge is 0.262 e. The molecule has 0 saturated carbocycles. The van der Waals surface area contributed by atoms with Crippen LogP contribution in [0.15, 0.2) is 58.5 Å². The molecule has 1 amide bonds. The molecule has 29 heavy (non-hydrogen) atoms. The van der Waals surface area contributed by atoms with Crippen LogP contribution in [0.1, 0.15) is 25.8 Å². The minimum absolute atomic E-state index is 0.0641. The van der Waals surface area contributed by atoms with Gasteiger partial charge in [-0.15, -0.1) is 0 Å². The van der Waals surface area contributed by atoms with E-state index in [2.05, 4.69) is 10.3 Å². The van der Waals surface area contributed by atoms with Crippen LogP contribution in [0.5, 0.6) is 5.75 Å². The summed E-state index contributed by atoms with van der Waals surface area (Å²) in [4.78, 5) is 30.1. The molecule has 0 saturated heterocycles. The molecule has 0 unspecified atom stereocenters. The molecule has 1 heterocycles. The van der Waals surface area contributed by atoms with Gasteiger partial charge in [0.05, 0.1) is 23.3 Å². The summed E-state index contributed by atoms with van der Waals surface area (Å²) in [6.07, 6.45) is 0.811. The van der Waals surface area contributed by atoms with Gasteiger partial charge < -0.3 is 10.1 Å². The standard InChI is InChI=1S/C22H25N3O3S/c1-4-13-25-21(27)18-7-5-6-8-19(18)24-22(25)29-15(2)20(26)23-14-16-9-11-17(28-3)12-10-16/h5-12,15H,4,13-14H2,1-3H3,(H,23,26)/t15-/m0/s1. The fourth-order valence-electron chi connectivity index (χ4n) is 2.95. The molecule has 3 aromatic rings. The maximum atomic E-state index is 12.9. The number of hydrogen-bond donors (Lipinski definition) is 1. The van der Waals surface area contributed by atoms with Crippen molar-refractivity contribution in [3.63, 3.8) is 0 Å². The summed E-state index contributed by atoms with van der Waals surface area (Å²) in [5.74, 6) is 0.677. The molecular formula is C22H25N3O3S. The molecule has 1 atom stereocenters. The number of rotatable bonds is 8. The van der Waals surface area contributed by atoms with Crippen molar-refractivity contribution >= 4 is 28.6 Å². The molecule has 6 nitrogen and oxygen atoms in total. The van der Waals surface area contributed by atoms with Gasteiger partial charge in [-0.1, -0.05) is 43.0 Å². The van der Waals surface area contributed by atoms with Crippen LogP contribution < -0.4 is 15.6 Å². The Morgan fingerprint density at radius 2 is 1.93 bits per heavy atom. The summed E-state index contributed by atoms with van der Waals surface area (Å²) < 4.78 is 6.81. The number of para-hydroxylation sites is 1. The van der Waals surface area contributed by atoms with E-state index in [0.717, 1.165) is 17.7 Å². The summed E-state index contributed by atoms with van der Waals surface area (Å²) in [5, 5.41) is 3.73. The second kappa shape index (κ2) is 9.60. The van der Waals surface area contributed by atoms with Crippen molar-refractivity contribution < 1.29 is 9.53 Å². The molecule has 0 fully saturated rings. The molecule has 2 aromatic carbocycles. The number of benzene rings is 2. The Hall–Kier alpha value is -2.80.